The minimum absolute atomic E-state index is 0.674. The Morgan fingerprint density at radius 1 is 1.19 bits per heavy atom. The van der Waals surface area contributed by atoms with E-state index >= 15 is 0 Å². The lowest BCUT2D eigenvalue weighted by Crippen LogP contribution is -2.31. The Balaban J connectivity index is 2.18. The van der Waals surface area contributed by atoms with Crippen LogP contribution >= 0.6 is 0 Å². The number of unbranched alkanes of at least 4 members (excludes halogenated alkanes) is 1. The molecule has 2 unspecified atom stereocenters. The Bertz CT molecular complexity index is 180. The van der Waals surface area contributed by atoms with E-state index in [1.807, 2.05) is 0 Å². The molecule has 0 heterocycles. The molecule has 1 rings (SSSR count). The highest BCUT2D eigenvalue weighted by molar-refractivity contribution is 4.86. The van der Waals surface area contributed by atoms with Crippen molar-refractivity contribution >= 4 is 0 Å². The predicted octanol–water partition coefficient (Wildman–Crippen LogP) is 5.81. The van der Waals surface area contributed by atoms with Crippen molar-refractivity contribution in [1.29, 1.82) is 0 Å². The van der Waals surface area contributed by atoms with Gasteiger partial charge in [-0.15, -0.1) is 0 Å². The lowest BCUT2D eigenvalue weighted by molar-refractivity contribution is 0.0831. The second-order valence-electron chi connectivity index (χ2n) is 6.39. The van der Waals surface area contributed by atoms with Gasteiger partial charge in [-0.3, -0.25) is 0 Å². The zero-order valence-electron chi connectivity index (χ0n) is 12.0. The molecule has 0 nitrogen and oxygen atoms in total. The van der Waals surface area contributed by atoms with Gasteiger partial charge >= 0.3 is 0 Å². The highest BCUT2D eigenvalue weighted by atomic mass is 14.4. The van der Waals surface area contributed by atoms with Gasteiger partial charge in [-0.25, -0.2) is 0 Å². The summed E-state index contributed by atoms with van der Waals surface area (Å²) >= 11 is 0. The zero-order chi connectivity index (χ0) is 12.0. The predicted molar refractivity (Wildman–Crippen MR) is 73.7 cm³/mol. The molecule has 2 atom stereocenters. The summed E-state index contributed by atoms with van der Waals surface area (Å²) in [6.45, 7) is 9.65. The highest BCUT2D eigenvalue weighted by Crippen LogP contribution is 2.47. The van der Waals surface area contributed by atoms with Crippen LogP contribution in [-0.4, -0.2) is 0 Å². The second kappa shape index (κ2) is 6.67. The summed E-state index contributed by atoms with van der Waals surface area (Å²) in [4.78, 5) is 0. The minimum Gasteiger partial charge on any atom is -0.0651 e. The maximum atomic E-state index is 2.54. The first-order chi connectivity index (χ1) is 7.62. The summed E-state index contributed by atoms with van der Waals surface area (Å²) in [7, 11) is 0. The number of hydrogen-bond donors (Lipinski definition) is 0. The van der Waals surface area contributed by atoms with Crippen LogP contribution in [0.25, 0.3) is 0 Å². The third-order valence-corrected chi connectivity index (χ3v) is 5.29. The Labute approximate surface area is 103 Å². The van der Waals surface area contributed by atoms with E-state index < -0.39 is 0 Å². The summed E-state index contributed by atoms with van der Waals surface area (Å²) in [5.74, 6) is 2.00. The van der Waals surface area contributed by atoms with Crippen LogP contribution in [0.1, 0.15) is 85.5 Å². The minimum atomic E-state index is 0.674. The van der Waals surface area contributed by atoms with Gasteiger partial charge in [0.1, 0.15) is 0 Å². The molecule has 0 aromatic carbocycles. The van der Waals surface area contributed by atoms with Crippen LogP contribution < -0.4 is 0 Å². The SMILES string of the molecule is CCC(C)CCCCC(C)(CC)C1CCC1. The van der Waals surface area contributed by atoms with Crippen molar-refractivity contribution in [2.45, 2.75) is 85.5 Å². The second-order valence-corrected chi connectivity index (χ2v) is 6.39. The van der Waals surface area contributed by atoms with Gasteiger partial charge in [-0.05, 0) is 36.5 Å². The number of rotatable bonds is 8. The van der Waals surface area contributed by atoms with Gasteiger partial charge in [0, 0.05) is 0 Å². The molecule has 0 amide bonds. The molecule has 0 aromatic heterocycles. The average Bonchev–Trinajstić information content (AvgIpc) is 2.21. The molecule has 16 heavy (non-hydrogen) atoms. The normalized spacial score (nSPS) is 22.5. The summed E-state index contributed by atoms with van der Waals surface area (Å²) < 4.78 is 0. The number of hydrogen-bond acceptors (Lipinski definition) is 0. The highest BCUT2D eigenvalue weighted by Gasteiger charge is 2.35. The molecular formula is C16H32. The summed E-state index contributed by atoms with van der Waals surface area (Å²) in [6, 6.07) is 0. The Morgan fingerprint density at radius 3 is 2.31 bits per heavy atom. The topological polar surface area (TPSA) is 0 Å². The molecule has 0 aliphatic heterocycles. The Morgan fingerprint density at radius 2 is 1.88 bits per heavy atom. The Kier molecular flexibility index (Phi) is 5.86. The van der Waals surface area contributed by atoms with E-state index in [0.717, 1.165) is 11.8 Å². The van der Waals surface area contributed by atoms with E-state index in [2.05, 4.69) is 27.7 Å². The monoisotopic (exact) mass is 224 g/mol. The van der Waals surface area contributed by atoms with E-state index in [1.54, 1.807) is 0 Å². The first kappa shape index (κ1) is 14.1. The molecule has 0 spiro atoms. The van der Waals surface area contributed by atoms with Gasteiger partial charge in [0.15, 0.2) is 0 Å². The van der Waals surface area contributed by atoms with Gasteiger partial charge in [0.25, 0.3) is 0 Å². The Hall–Kier alpha value is 0. The van der Waals surface area contributed by atoms with E-state index in [9.17, 15) is 0 Å². The third kappa shape index (κ3) is 3.79. The van der Waals surface area contributed by atoms with Crippen LogP contribution in [0, 0.1) is 17.3 Å². The molecule has 0 radical (unpaired) electrons. The third-order valence-electron chi connectivity index (χ3n) is 5.29. The molecule has 1 aliphatic carbocycles. The largest absolute Gasteiger partial charge is 0.0651 e. The van der Waals surface area contributed by atoms with Crippen LogP contribution in [0.5, 0.6) is 0 Å². The lowest BCUT2D eigenvalue weighted by Gasteiger charge is -2.43. The molecular weight excluding hydrogens is 192 g/mol. The van der Waals surface area contributed by atoms with Gasteiger partial charge in [0.2, 0.25) is 0 Å². The quantitative estimate of drug-likeness (QED) is 0.456. The zero-order valence-corrected chi connectivity index (χ0v) is 12.0. The molecule has 1 saturated carbocycles. The van der Waals surface area contributed by atoms with Crippen LogP contribution in [0.4, 0.5) is 0 Å². The van der Waals surface area contributed by atoms with Crippen LogP contribution in [-0.2, 0) is 0 Å². The van der Waals surface area contributed by atoms with Gasteiger partial charge in [0.05, 0.1) is 0 Å². The van der Waals surface area contributed by atoms with Crippen LogP contribution in [0.15, 0.2) is 0 Å². The lowest BCUT2D eigenvalue weighted by atomic mass is 9.63. The van der Waals surface area contributed by atoms with Crippen molar-refractivity contribution in [3.05, 3.63) is 0 Å². The van der Waals surface area contributed by atoms with Crippen molar-refractivity contribution in [2.75, 3.05) is 0 Å². The van der Waals surface area contributed by atoms with Gasteiger partial charge < -0.3 is 0 Å². The first-order valence-corrected chi connectivity index (χ1v) is 7.62. The fourth-order valence-electron chi connectivity index (χ4n) is 3.00. The maximum Gasteiger partial charge on any atom is -0.0300 e. The molecule has 96 valence electrons. The molecule has 0 heteroatoms. The summed E-state index contributed by atoms with van der Waals surface area (Å²) in [6.07, 6.45) is 13.1. The molecule has 0 bridgehead atoms. The van der Waals surface area contributed by atoms with Crippen LogP contribution in [0.2, 0.25) is 0 Å². The fraction of sp³-hybridized carbons (Fsp3) is 1.00. The smallest absolute Gasteiger partial charge is 0.0300 e. The van der Waals surface area contributed by atoms with E-state index in [4.69, 9.17) is 0 Å². The molecule has 1 fully saturated rings. The standard InChI is InChI=1S/C16H32/c1-5-14(3)10-7-8-13-16(4,6-2)15-11-9-12-15/h14-15H,5-13H2,1-4H3. The van der Waals surface area contributed by atoms with Crippen molar-refractivity contribution in [1.82, 2.24) is 0 Å². The molecule has 0 N–H and O–H groups in total. The first-order valence-electron chi connectivity index (χ1n) is 7.62. The molecule has 1 aliphatic rings. The van der Waals surface area contributed by atoms with Crippen LogP contribution in [0.3, 0.4) is 0 Å². The maximum absolute atomic E-state index is 2.54. The van der Waals surface area contributed by atoms with Gasteiger partial charge in [-0.1, -0.05) is 66.2 Å². The van der Waals surface area contributed by atoms with Crippen molar-refractivity contribution in [3.8, 4) is 0 Å². The van der Waals surface area contributed by atoms with E-state index in [1.165, 1.54) is 57.8 Å². The van der Waals surface area contributed by atoms with Crippen molar-refractivity contribution < 1.29 is 0 Å². The molecule has 0 saturated heterocycles. The fourth-order valence-corrected chi connectivity index (χ4v) is 3.00. The van der Waals surface area contributed by atoms with Gasteiger partial charge in [-0.2, -0.15) is 0 Å². The van der Waals surface area contributed by atoms with E-state index in [-0.39, 0.29) is 0 Å². The molecule has 0 aromatic rings. The van der Waals surface area contributed by atoms with Crippen molar-refractivity contribution in [3.63, 3.8) is 0 Å². The van der Waals surface area contributed by atoms with Crippen molar-refractivity contribution in [2.24, 2.45) is 17.3 Å². The average molecular weight is 224 g/mol. The van der Waals surface area contributed by atoms with E-state index in [0.29, 0.717) is 5.41 Å². The summed E-state index contributed by atoms with van der Waals surface area (Å²) in [5.41, 5.74) is 0.674. The summed E-state index contributed by atoms with van der Waals surface area (Å²) in [5, 5.41) is 0.